The van der Waals surface area contributed by atoms with Crippen molar-refractivity contribution in [1.82, 2.24) is 14.4 Å². The molecule has 2 unspecified atom stereocenters. The SMILES string of the molecule is CC1c2c(ccc3ccccc23)-c2c(cc3c4ccccc4n4c5ccccc5c2c34)C1c1nc(-c2ccc3ccccc3c2)nc2ccccc12. The third-order valence-corrected chi connectivity index (χ3v) is 11.9. The molecule has 0 bridgehead atoms. The average molecular weight is 662 g/mol. The first-order valence-electron chi connectivity index (χ1n) is 18.2. The smallest absolute Gasteiger partial charge is 0.160 e. The lowest BCUT2D eigenvalue weighted by atomic mass is 9.68. The third-order valence-electron chi connectivity index (χ3n) is 11.9. The molecule has 3 aromatic heterocycles. The van der Waals surface area contributed by atoms with Crippen molar-refractivity contribution in [2.75, 3.05) is 0 Å². The van der Waals surface area contributed by atoms with Crippen molar-refractivity contribution in [2.45, 2.75) is 18.8 Å². The standard InChI is InChI=1S/C49H31N3/c1-28-43-33-15-5-4-13-30(33)24-25-37(43)45-39(27-38-34-16-7-10-20-41(34)52-42-21-11-8-18-36(42)46(45)48(38)52)44(28)47-35-17-6-9-19-40(35)50-49(51-47)32-23-22-29-12-2-3-14-31(29)26-32/h2-28,44H,1H3. The fourth-order valence-corrected chi connectivity index (χ4v) is 9.70. The van der Waals surface area contributed by atoms with Gasteiger partial charge in [0.1, 0.15) is 0 Å². The molecule has 0 spiro atoms. The van der Waals surface area contributed by atoms with Gasteiger partial charge in [0.25, 0.3) is 0 Å². The van der Waals surface area contributed by atoms with E-state index >= 15 is 0 Å². The van der Waals surface area contributed by atoms with E-state index in [4.69, 9.17) is 9.97 Å². The predicted octanol–water partition coefficient (Wildman–Crippen LogP) is 12.7. The highest BCUT2D eigenvalue weighted by Crippen LogP contribution is 2.57. The fourth-order valence-electron chi connectivity index (χ4n) is 9.70. The molecule has 3 heterocycles. The zero-order valence-electron chi connectivity index (χ0n) is 28.5. The molecule has 0 radical (unpaired) electrons. The lowest BCUT2D eigenvalue weighted by Gasteiger charge is -2.35. The van der Waals surface area contributed by atoms with E-state index in [2.05, 4.69) is 169 Å². The second-order valence-corrected chi connectivity index (χ2v) is 14.5. The number of nitrogens with zero attached hydrogens (tertiary/aromatic N) is 3. The maximum atomic E-state index is 5.63. The molecule has 3 heteroatoms. The van der Waals surface area contributed by atoms with Crippen LogP contribution >= 0.6 is 0 Å². The van der Waals surface area contributed by atoms with Crippen LogP contribution in [0.15, 0.2) is 158 Å². The summed E-state index contributed by atoms with van der Waals surface area (Å²) in [7, 11) is 0. The van der Waals surface area contributed by atoms with Crippen LogP contribution in [-0.4, -0.2) is 14.4 Å². The Morgan fingerprint density at radius 3 is 2.02 bits per heavy atom. The molecule has 0 saturated heterocycles. The number of fused-ring (bicyclic) bond motifs is 14. The Morgan fingerprint density at radius 2 is 1.17 bits per heavy atom. The van der Waals surface area contributed by atoms with Crippen LogP contribution in [-0.2, 0) is 0 Å². The second kappa shape index (κ2) is 10.2. The Morgan fingerprint density at radius 1 is 0.519 bits per heavy atom. The predicted molar refractivity (Wildman–Crippen MR) is 217 cm³/mol. The zero-order chi connectivity index (χ0) is 34.1. The van der Waals surface area contributed by atoms with Crippen LogP contribution < -0.4 is 0 Å². The van der Waals surface area contributed by atoms with E-state index in [1.807, 2.05) is 0 Å². The highest BCUT2D eigenvalue weighted by Gasteiger charge is 2.38. The summed E-state index contributed by atoms with van der Waals surface area (Å²) in [6.07, 6.45) is 0. The van der Waals surface area contributed by atoms with E-state index in [1.165, 1.54) is 81.9 Å². The van der Waals surface area contributed by atoms with Crippen molar-refractivity contribution in [1.29, 1.82) is 0 Å². The molecule has 11 aromatic rings. The Bertz CT molecular complexity index is 3280. The van der Waals surface area contributed by atoms with Gasteiger partial charge in [-0.1, -0.05) is 134 Å². The molecule has 12 rings (SSSR count). The second-order valence-electron chi connectivity index (χ2n) is 14.5. The highest BCUT2D eigenvalue weighted by atomic mass is 14.9. The maximum Gasteiger partial charge on any atom is 0.160 e. The number of hydrogen-bond donors (Lipinski definition) is 0. The van der Waals surface area contributed by atoms with Crippen LogP contribution in [0.5, 0.6) is 0 Å². The monoisotopic (exact) mass is 661 g/mol. The number of para-hydroxylation sites is 3. The molecule has 1 aliphatic carbocycles. The summed E-state index contributed by atoms with van der Waals surface area (Å²) < 4.78 is 2.50. The summed E-state index contributed by atoms with van der Waals surface area (Å²) in [5, 5.41) is 11.3. The van der Waals surface area contributed by atoms with E-state index < -0.39 is 0 Å². The van der Waals surface area contributed by atoms with Crippen molar-refractivity contribution < 1.29 is 0 Å². The van der Waals surface area contributed by atoms with Gasteiger partial charge in [-0.05, 0) is 80.0 Å². The van der Waals surface area contributed by atoms with Gasteiger partial charge in [0, 0.05) is 38.4 Å². The summed E-state index contributed by atoms with van der Waals surface area (Å²) in [5.74, 6) is 0.895. The molecular formula is C49H31N3. The highest BCUT2D eigenvalue weighted by molar-refractivity contribution is 6.28. The summed E-state index contributed by atoms with van der Waals surface area (Å²) in [4.78, 5) is 10.9. The lowest BCUT2D eigenvalue weighted by Crippen LogP contribution is -2.19. The topological polar surface area (TPSA) is 30.2 Å². The molecular weight excluding hydrogens is 631 g/mol. The molecule has 0 saturated carbocycles. The first-order chi connectivity index (χ1) is 25.7. The molecule has 0 amide bonds. The van der Waals surface area contributed by atoms with Crippen LogP contribution in [0.25, 0.3) is 93.1 Å². The fraction of sp³-hybridized carbons (Fsp3) is 0.0612. The molecule has 242 valence electrons. The lowest BCUT2D eigenvalue weighted by molar-refractivity contribution is 0.643. The van der Waals surface area contributed by atoms with Gasteiger partial charge in [0.15, 0.2) is 5.82 Å². The minimum Gasteiger partial charge on any atom is -0.308 e. The molecule has 8 aromatic carbocycles. The summed E-state index contributed by atoms with van der Waals surface area (Å²) in [5.41, 5.74) is 12.3. The van der Waals surface area contributed by atoms with Crippen molar-refractivity contribution in [2.24, 2.45) is 0 Å². The summed E-state index contributed by atoms with van der Waals surface area (Å²) in [6.45, 7) is 2.42. The summed E-state index contributed by atoms with van der Waals surface area (Å²) >= 11 is 0. The third kappa shape index (κ3) is 3.64. The molecule has 1 aliphatic rings. The normalized spacial score (nSPS) is 15.8. The van der Waals surface area contributed by atoms with Crippen molar-refractivity contribution in [3.63, 3.8) is 0 Å². The van der Waals surface area contributed by atoms with Gasteiger partial charge in [0.2, 0.25) is 0 Å². The molecule has 0 fully saturated rings. The Balaban J connectivity index is 1.26. The Hall–Kier alpha value is -6.58. The number of aromatic nitrogens is 3. The van der Waals surface area contributed by atoms with E-state index in [0.29, 0.717) is 0 Å². The maximum absolute atomic E-state index is 5.63. The number of benzene rings is 8. The largest absolute Gasteiger partial charge is 0.308 e. The van der Waals surface area contributed by atoms with Crippen LogP contribution in [0.4, 0.5) is 0 Å². The molecule has 52 heavy (non-hydrogen) atoms. The molecule has 0 N–H and O–H groups in total. The average Bonchev–Trinajstić information content (AvgIpc) is 3.72. The van der Waals surface area contributed by atoms with E-state index in [9.17, 15) is 0 Å². The van der Waals surface area contributed by atoms with Crippen LogP contribution in [0.1, 0.15) is 35.6 Å². The van der Waals surface area contributed by atoms with Crippen LogP contribution in [0, 0.1) is 0 Å². The van der Waals surface area contributed by atoms with Gasteiger partial charge >= 0.3 is 0 Å². The van der Waals surface area contributed by atoms with Crippen molar-refractivity contribution >= 4 is 70.5 Å². The minimum atomic E-state index is -0.0177. The van der Waals surface area contributed by atoms with Gasteiger partial charge in [-0.25, -0.2) is 9.97 Å². The van der Waals surface area contributed by atoms with Crippen LogP contribution in [0.2, 0.25) is 0 Å². The molecule has 0 aliphatic heterocycles. The van der Waals surface area contributed by atoms with E-state index in [-0.39, 0.29) is 11.8 Å². The molecule has 2 atom stereocenters. The van der Waals surface area contributed by atoms with E-state index in [1.54, 1.807) is 0 Å². The quantitative estimate of drug-likeness (QED) is 0.185. The first-order valence-corrected chi connectivity index (χ1v) is 18.2. The van der Waals surface area contributed by atoms with Crippen molar-refractivity contribution in [3.8, 4) is 22.5 Å². The Kier molecular flexibility index (Phi) is 5.55. The zero-order valence-corrected chi connectivity index (χ0v) is 28.5. The van der Waals surface area contributed by atoms with Gasteiger partial charge in [-0.3, -0.25) is 0 Å². The van der Waals surface area contributed by atoms with Gasteiger partial charge in [0.05, 0.1) is 27.8 Å². The summed E-state index contributed by atoms with van der Waals surface area (Å²) in [6, 6.07) is 57.7. The minimum absolute atomic E-state index is 0.0177. The number of rotatable bonds is 2. The van der Waals surface area contributed by atoms with Gasteiger partial charge < -0.3 is 4.40 Å². The van der Waals surface area contributed by atoms with E-state index in [0.717, 1.165) is 28.0 Å². The number of hydrogen-bond acceptors (Lipinski definition) is 2. The molecule has 3 nitrogen and oxygen atoms in total. The van der Waals surface area contributed by atoms with Crippen LogP contribution in [0.3, 0.4) is 0 Å². The Labute approximate surface area is 299 Å². The first kappa shape index (κ1) is 28.2. The van der Waals surface area contributed by atoms with Crippen molar-refractivity contribution in [3.05, 3.63) is 175 Å². The van der Waals surface area contributed by atoms with Gasteiger partial charge in [-0.2, -0.15) is 0 Å². The van der Waals surface area contributed by atoms with Gasteiger partial charge in [-0.15, -0.1) is 0 Å².